The van der Waals surface area contributed by atoms with Crippen molar-refractivity contribution in [3.8, 4) is 0 Å². The average molecular weight is 251 g/mol. The lowest BCUT2D eigenvalue weighted by Gasteiger charge is -2.05. The number of amides is 1. The van der Waals surface area contributed by atoms with Gasteiger partial charge in [0.25, 0.3) is 0 Å². The zero-order chi connectivity index (χ0) is 10.6. The van der Waals surface area contributed by atoms with Gasteiger partial charge in [-0.15, -0.1) is 24.2 Å². The third-order valence-corrected chi connectivity index (χ3v) is 2.39. The van der Waals surface area contributed by atoms with Crippen LogP contribution in [0.4, 0.5) is 10.1 Å². The molecule has 1 amide bonds. The van der Waals surface area contributed by atoms with Crippen molar-refractivity contribution in [3.63, 3.8) is 0 Å². The molecule has 3 nitrogen and oxygen atoms in total. The monoisotopic (exact) mass is 250 g/mol. The predicted molar refractivity (Wildman–Crippen MR) is 63.1 cm³/mol. The molecule has 3 N–H and O–H groups in total. The first-order valence-corrected chi connectivity index (χ1v) is 5.23. The molecule has 0 aliphatic rings. The molecule has 15 heavy (non-hydrogen) atoms. The molecule has 6 heteroatoms. The third-order valence-electron chi connectivity index (χ3n) is 1.62. The van der Waals surface area contributed by atoms with Gasteiger partial charge in [-0.3, -0.25) is 4.79 Å². The van der Waals surface area contributed by atoms with E-state index in [1.165, 1.54) is 17.8 Å². The summed E-state index contributed by atoms with van der Waals surface area (Å²) < 4.78 is 13.2. The summed E-state index contributed by atoms with van der Waals surface area (Å²) in [6.45, 7) is -0.105. The summed E-state index contributed by atoms with van der Waals surface area (Å²) >= 11 is 1.32. The molecule has 0 saturated carbocycles. The van der Waals surface area contributed by atoms with Crippen molar-refractivity contribution in [1.29, 1.82) is 0 Å². The van der Waals surface area contributed by atoms with Gasteiger partial charge in [0.15, 0.2) is 0 Å². The SMILES string of the molecule is CSc1ccc(NC(=O)CN)cc1F.Cl. The van der Waals surface area contributed by atoms with Crippen LogP contribution >= 0.6 is 24.2 Å². The number of benzene rings is 1. The van der Waals surface area contributed by atoms with Gasteiger partial charge in [0.1, 0.15) is 5.82 Å². The molecule has 0 unspecified atom stereocenters. The Morgan fingerprint density at radius 2 is 2.27 bits per heavy atom. The molecule has 0 aliphatic heterocycles. The van der Waals surface area contributed by atoms with Crippen LogP contribution in [-0.2, 0) is 4.79 Å². The zero-order valence-corrected chi connectivity index (χ0v) is 9.75. The Bertz CT molecular complexity index is 349. The van der Waals surface area contributed by atoms with Gasteiger partial charge in [-0.05, 0) is 24.5 Å². The van der Waals surface area contributed by atoms with Crippen LogP contribution in [0.25, 0.3) is 0 Å². The van der Waals surface area contributed by atoms with Crippen molar-refractivity contribution in [1.82, 2.24) is 0 Å². The number of halogens is 2. The first-order chi connectivity index (χ1) is 6.67. The molecule has 0 bridgehead atoms. The van der Waals surface area contributed by atoms with Gasteiger partial charge in [-0.25, -0.2) is 4.39 Å². The molecular weight excluding hydrogens is 239 g/mol. The second-order valence-corrected chi connectivity index (χ2v) is 3.45. The first kappa shape index (κ1) is 14.2. The highest BCUT2D eigenvalue weighted by Crippen LogP contribution is 2.21. The summed E-state index contributed by atoms with van der Waals surface area (Å²) in [5.41, 5.74) is 5.53. The number of nitrogens with two attached hydrogens (primary N) is 1. The van der Waals surface area contributed by atoms with Crippen LogP contribution in [-0.4, -0.2) is 18.7 Å². The van der Waals surface area contributed by atoms with Gasteiger partial charge in [0, 0.05) is 10.6 Å². The van der Waals surface area contributed by atoms with Crippen molar-refractivity contribution in [2.45, 2.75) is 4.90 Å². The molecule has 1 aromatic rings. The van der Waals surface area contributed by atoms with E-state index < -0.39 is 0 Å². The van der Waals surface area contributed by atoms with Crippen LogP contribution in [0.2, 0.25) is 0 Å². The Balaban J connectivity index is 0.00000196. The zero-order valence-electron chi connectivity index (χ0n) is 8.12. The number of rotatable bonds is 3. The average Bonchev–Trinajstić information content (AvgIpc) is 2.18. The summed E-state index contributed by atoms with van der Waals surface area (Å²) in [6, 6.07) is 4.54. The topological polar surface area (TPSA) is 55.1 Å². The lowest BCUT2D eigenvalue weighted by atomic mass is 10.3. The molecule has 1 rings (SSSR count). The van der Waals surface area contributed by atoms with Crippen LogP contribution in [0.5, 0.6) is 0 Å². The van der Waals surface area contributed by atoms with Gasteiger partial charge >= 0.3 is 0 Å². The molecule has 0 spiro atoms. The summed E-state index contributed by atoms with van der Waals surface area (Å²) in [5.74, 6) is -0.673. The van der Waals surface area contributed by atoms with E-state index in [2.05, 4.69) is 5.32 Å². The van der Waals surface area contributed by atoms with Crippen LogP contribution in [0.1, 0.15) is 0 Å². The molecule has 0 fully saturated rings. The molecule has 84 valence electrons. The highest BCUT2D eigenvalue weighted by atomic mass is 35.5. The number of carbonyl (C=O) groups is 1. The largest absolute Gasteiger partial charge is 0.325 e. The molecule has 0 heterocycles. The van der Waals surface area contributed by atoms with Crippen LogP contribution in [0.15, 0.2) is 23.1 Å². The Hall–Kier alpha value is -0.780. The van der Waals surface area contributed by atoms with Crippen molar-refractivity contribution < 1.29 is 9.18 Å². The minimum absolute atomic E-state index is 0. The maximum atomic E-state index is 13.2. The molecule has 0 atom stereocenters. The number of hydrogen-bond donors (Lipinski definition) is 2. The van der Waals surface area contributed by atoms with E-state index >= 15 is 0 Å². The Labute approximate surface area is 98.0 Å². The quantitative estimate of drug-likeness (QED) is 0.806. The molecule has 0 radical (unpaired) electrons. The fourth-order valence-corrected chi connectivity index (χ4v) is 1.41. The van der Waals surface area contributed by atoms with E-state index in [0.29, 0.717) is 10.6 Å². The summed E-state index contributed by atoms with van der Waals surface area (Å²) in [5, 5.41) is 2.47. The lowest BCUT2D eigenvalue weighted by molar-refractivity contribution is -0.114. The highest BCUT2D eigenvalue weighted by molar-refractivity contribution is 7.98. The molecular formula is C9H12ClFN2OS. The summed E-state index contributed by atoms with van der Waals surface area (Å²) in [6.07, 6.45) is 1.79. The molecule has 0 aliphatic carbocycles. The Morgan fingerprint density at radius 1 is 1.60 bits per heavy atom. The van der Waals surface area contributed by atoms with E-state index in [1.54, 1.807) is 18.4 Å². The van der Waals surface area contributed by atoms with Gasteiger partial charge < -0.3 is 11.1 Å². The molecule has 0 aromatic heterocycles. The maximum Gasteiger partial charge on any atom is 0.238 e. The van der Waals surface area contributed by atoms with E-state index in [4.69, 9.17) is 5.73 Å². The minimum atomic E-state index is -0.340. The number of carbonyl (C=O) groups excluding carboxylic acids is 1. The minimum Gasteiger partial charge on any atom is -0.325 e. The van der Waals surface area contributed by atoms with Gasteiger partial charge in [0.05, 0.1) is 6.54 Å². The normalized spacial score (nSPS) is 9.27. The summed E-state index contributed by atoms with van der Waals surface area (Å²) in [4.78, 5) is 11.4. The second-order valence-electron chi connectivity index (χ2n) is 2.60. The van der Waals surface area contributed by atoms with Crippen LogP contribution < -0.4 is 11.1 Å². The fraction of sp³-hybridized carbons (Fsp3) is 0.222. The standard InChI is InChI=1S/C9H11FN2OS.ClH/c1-14-8-3-2-6(4-7(8)10)12-9(13)5-11;/h2-4H,5,11H2,1H3,(H,12,13);1H. The number of hydrogen-bond acceptors (Lipinski definition) is 3. The van der Waals surface area contributed by atoms with Gasteiger partial charge in [0.2, 0.25) is 5.91 Å². The maximum absolute atomic E-state index is 13.2. The van der Waals surface area contributed by atoms with Crippen molar-refractivity contribution in [2.24, 2.45) is 5.73 Å². The van der Waals surface area contributed by atoms with Crippen LogP contribution in [0, 0.1) is 5.82 Å². The fourth-order valence-electron chi connectivity index (χ4n) is 0.956. The molecule has 0 saturated heterocycles. The van der Waals surface area contributed by atoms with Gasteiger partial charge in [-0.2, -0.15) is 0 Å². The van der Waals surface area contributed by atoms with E-state index in [9.17, 15) is 9.18 Å². The van der Waals surface area contributed by atoms with Crippen molar-refractivity contribution in [3.05, 3.63) is 24.0 Å². The highest BCUT2D eigenvalue weighted by Gasteiger charge is 2.04. The van der Waals surface area contributed by atoms with E-state index in [1.807, 2.05) is 0 Å². The van der Waals surface area contributed by atoms with Crippen molar-refractivity contribution >= 4 is 35.8 Å². The Morgan fingerprint density at radius 3 is 2.73 bits per heavy atom. The number of nitrogens with one attached hydrogen (secondary N) is 1. The van der Waals surface area contributed by atoms with Crippen LogP contribution in [0.3, 0.4) is 0 Å². The molecule has 1 aromatic carbocycles. The summed E-state index contributed by atoms with van der Waals surface area (Å²) in [7, 11) is 0. The predicted octanol–water partition coefficient (Wildman–Crippen LogP) is 1.87. The second kappa shape index (κ2) is 6.66. The lowest BCUT2D eigenvalue weighted by Crippen LogP contribution is -2.21. The Kier molecular flexibility index (Phi) is 6.31. The van der Waals surface area contributed by atoms with Gasteiger partial charge in [-0.1, -0.05) is 0 Å². The van der Waals surface area contributed by atoms with E-state index in [-0.39, 0.29) is 30.7 Å². The van der Waals surface area contributed by atoms with Crippen molar-refractivity contribution in [2.75, 3.05) is 18.1 Å². The third kappa shape index (κ3) is 4.07. The first-order valence-electron chi connectivity index (χ1n) is 4.01. The number of anilines is 1. The van der Waals surface area contributed by atoms with E-state index in [0.717, 1.165) is 0 Å². The smallest absolute Gasteiger partial charge is 0.238 e. The number of thioether (sulfide) groups is 1.